The summed E-state index contributed by atoms with van der Waals surface area (Å²) in [6.07, 6.45) is 2.30. The molecule has 0 saturated carbocycles. The Morgan fingerprint density at radius 1 is 1.33 bits per heavy atom. The van der Waals surface area contributed by atoms with Crippen molar-refractivity contribution in [3.8, 4) is 0 Å². The smallest absolute Gasteiger partial charge is 0.123 e. The van der Waals surface area contributed by atoms with Crippen molar-refractivity contribution in [2.45, 2.75) is 39.5 Å². The first-order valence-electron chi connectivity index (χ1n) is 5.86. The van der Waals surface area contributed by atoms with Crippen molar-refractivity contribution in [3.05, 3.63) is 35.1 Å². The zero-order chi connectivity index (χ0) is 11.0. The molecule has 0 N–H and O–H groups in total. The summed E-state index contributed by atoms with van der Waals surface area (Å²) in [6.45, 7) is 6.79. The highest BCUT2D eigenvalue weighted by Gasteiger charge is 2.26. The molecule has 0 heterocycles. The van der Waals surface area contributed by atoms with Gasteiger partial charge in [-0.3, -0.25) is 0 Å². The normalized spacial score (nSPS) is 25.4. The number of benzene rings is 1. The molecule has 2 rings (SSSR count). The Kier molecular flexibility index (Phi) is 2.81. The van der Waals surface area contributed by atoms with Gasteiger partial charge in [-0.1, -0.05) is 26.8 Å². The van der Waals surface area contributed by atoms with Gasteiger partial charge < -0.3 is 0 Å². The summed E-state index contributed by atoms with van der Waals surface area (Å²) in [5.41, 5.74) is 2.58. The highest BCUT2D eigenvalue weighted by atomic mass is 19.1. The van der Waals surface area contributed by atoms with E-state index in [1.54, 1.807) is 12.1 Å². The summed E-state index contributed by atoms with van der Waals surface area (Å²) in [5, 5.41) is 0. The molecule has 0 radical (unpaired) electrons. The van der Waals surface area contributed by atoms with Crippen LogP contribution in [0.15, 0.2) is 18.2 Å². The van der Waals surface area contributed by atoms with Crippen LogP contribution in [-0.4, -0.2) is 0 Å². The molecule has 1 heteroatoms. The Morgan fingerprint density at radius 3 is 2.73 bits per heavy atom. The molecule has 0 fully saturated rings. The highest BCUT2D eigenvalue weighted by molar-refractivity contribution is 5.33. The van der Waals surface area contributed by atoms with E-state index in [0.29, 0.717) is 17.8 Å². The van der Waals surface area contributed by atoms with Crippen molar-refractivity contribution in [1.82, 2.24) is 0 Å². The van der Waals surface area contributed by atoms with E-state index in [0.717, 1.165) is 6.42 Å². The van der Waals surface area contributed by atoms with E-state index in [1.807, 2.05) is 6.07 Å². The van der Waals surface area contributed by atoms with Crippen LogP contribution in [-0.2, 0) is 6.42 Å². The zero-order valence-electron chi connectivity index (χ0n) is 9.76. The molecule has 2 unspecified atom stereocenters. The number of fused-ring (bicyclic) bond motifs is 1. The van der Waals surface area contributed by atoms with Gasteiger partial charge in [0.2, 0.25) is 0 Å². The van der Waals surface area contributed by atoms with Crippen molar-refractivity contribution in [1.29, 1.82) is 0 Å². The molecule has 1 aliphatic rings. The van der Waals surface area contributed by atoms with Gasteiger partial charge in [-0.2, -0.15) is 0 Å². The summed E-state index contributed by atoms with van der Waals surface area (Å²) in [4.78, 5) is 0. The van der Waals surface area contributed by atoms with Crippen LogP contribution in [0, 0.1) is 17.7 Å². The van der Waals surface area contributed by atoms with E-state index in [2.05, 4.69) is 20.8 Å². The molecule has 1 aromatic carbocycles. The summed E-state index contributed by atoms with van der Waals surface area (Å²) in [5.74, 6) is 1.91. The lowest BCUT2D eigenvalue weighted by atomic mass is 9.73. The lowest BCUT2D eigenvalue weighted by Crippen LogP contribution is -2.21. The summed E-state index contributed by atoms with van der Waals surface area (Å²) >= 11 is 0. The molecule has 0 aliphatic heterocycles. The van der Waals surface area contributed by atoms with Gasteiger partial charge in [0, 0.05) is 0 Å². The number of hydrogen-bond acceptors (Lipinski definition) is 0. The Hall–Kier alpha value is -0.850. The second kappa shape index (κ2) is 3.96. The van der Waals surface area contributed by atoms with E-state index >= 15 is 0 Å². The molecule has 2 atom stereocenters. The largest absolute Gasteiger partial charge is 0.207 e. The highest BCUT2D eigenvalue weighted by Crippen LogP contribution is 2.37. The van der Waals surface area contributed by atoms with E-state index in [4.69, 9.17) is 0 Å². The topological polar surface area (TPSA) is 0 Å². The first-order valence-corrected chi connectivity index (χ1v) is 5.86. The minimum Gasteiger partial charge on any atom is -0.207 e. The third-order valence-corrected chi connectivity index (χ3v) is 3.72. The van der Waals surface area contributed by atoms with Gasteiger partial charge in [-0.25, -0.2) is 4.39 Å². The lowest BCUT2D eigenvalue weighted by Gasteiger charge is -2.32. The number of rotatable bonds is 1. The van der Waals surface area contributed by atoms with Gasteiger partial charge in [0.1, 0.15) is 5.82 Å². The molecule has 15 heavy (non-hydrogen) atoms. The standard InChI is InChI=1S/C14H19F/c1-9(2)11-6-10(3)14-5-4-13(15)8-12(14)7-11/h4-5,8-11H,6-7H2,1-3H3. The maximum Gasteiger partial charge on any atom is 0.123 e. The minimum atomic E-state index is -0.0923. The number of hydrogen-bond donors (Lipinski definition) is 0. The monoisotopic (exact) mass is 206 g/mol. The van der Waals surface area contributed by atoms with Gasteiger partial charge in [-0.15, -0.1) is 0 Å². The molecule has 1 aliphatic carbocycles. The van der Waals surface area contributed by atoms with Crippen molar-refractivity contribution < 1.29 is 4.39 Å². The van der Waals surface area contributed by atoms with Crippen molar-refractivity contribution in [2.24, 2.45) is 11.8 Å². The molecule has 0 aromatic heterocycles. The van der Waals surface area contributed by atoms with Crippen molar-refractivity contribution >= 4 is 0 Å². The SMILES string of the molecule is CC1CC(C(C)C)Cc2cc(F)ccc21. The van der Waals surface area contributed by atoms with E-state index < -0.39 is 0 Å². The summed E-state index contributed by atoms with van der Waals surface area (Å²) in [7, 11) is 0. The second-order valence-corrected chi connectivity index (χ2v) is 5.19. The lowest BCUT2D eigenvalue weighted by molar-refractivity contribution is 0.318. The molecule has 0 amide bonds. The van der Waals surface area contributed by atoms with Crippen molar-refractivity contribution in [2.75, 3.05) is 0 Å². The van der Waals surface area contributed by atoms with Gasteiger partial charge in [0.15, 0.2) is 0 Å². The van der Waals surface area contributed by atoms with Gasteiger partial charge >= 0.3 is 0 Å². The van der Waals surface area contributed by atoms with Crippen LogP contribution in [0.2, 0.25) is 0 Å². The number of halogens is 1. The molecule has 0 bridgehead atoms. The van der Waals surface area contributed by atoms with E-state index in [-0.39, 0.29) is 5.82 Å². The zero-order valence-corrected chi connectivity index (χ0v) is 9.76. The maximum absolute atomic E-state index is 13.1. The average molecular weight is 206 g/mol. The fourth-order valence-electron chi connectivity index (χ4n) is 2.69. The molecular formula is C14H19F. The molecule has 0 nitrogen and oxygen atoms in total. The summed E-state index contributed by atoms with van der Waals surface area (Å²) in [6, 6.07) is 5.28. The third kappa shape index (κ3) is 2.06. The first kappa shape index (κ1) is 10.7. The van der Waals surface area contributed by atoms with Crippen LogP contribution in [0.1, 0.15) is 44.2 Å². The molecule has 82 valence electrons. The second-order valence-electron chi connectivity index (χ2n) is 5.19. The Balaban J connectivity index is 2.33. The maximum atomic E-state index is 13.1. The summed E-state index contributed by atoms with van der Waals surface area (Å²) < 4.78 is 13.1. The van der Waals surface area contributed by atoms with Crippen LogP contribution >= 0.6 is 0 Å². The van der Waals surface area contributed by atoms with E-state index in [9.17, 15) is 4.39 Å². The molecule has 1 aromatic rings. The molecule has 0 saturated heterocycles. The Morgan fingerprint density at radius 2 is 2.07 bits per heavy atom. The van der Waals surface area contributed by atoms with Gasteiger partial charge in [0.25, 0.3) is 0 Å². The minimum absolute atomic E-state index is 0.0923. The quantitative estimate of drug-likeness (QED) is 0.647. The third-order valence-electron chi connectivity index (χ3n) is 3.72. The fraction of sp³-hybridized carbons (Fsp3) is 0.571. The Bertz CT molecular complexity index is 354. The Labute approximate surface area is 91.5 Å². The molecule has 0 spiro atoms. The first-order chi connectivity index (χ1) is 7.08. The van der Waals surface area contributed by atoms with Crippen LogP contribution in [0.5, 0.6) is 0 Å². The van der Waals surface area contributed by atoms with Gasteiger partial charge in [-0.05, 0) is 53.9 Å². The van der Waals surface area contributed by atoms with E-state index in [1.165, 1.54) is 17.5 Å². The van der Waals surface area contributed by atoms with Crippen LogP contribution in [0.3, 0.4) is 0 Å². The predicted octanol–water partition coefficient (Wildman–Crippen LogP) is 4.15. The van der Waals surface area contributed by atoms with Crippen molar-refractivity contribution in [3.63, 3.8) is 0 Å². The fourth-order valence-corrected chi connectivity index (χ4v) is 2.69. The van der Waals surface area contributed by atoms with Crippen LogP contribution < -0.4 is 0 Å². The predicted molar refractivity (Wildman–Crippen MR) is 61.5 cm³/mol. The van der Waals surface area contributed by atoms with Crippen LogP contribution in [0.25, 0.3) is 0 Å². The average Bonchev–Trinajstić information content (AvgIpc) is 2.16. The van der Waals surface area contributed by atoms with Gasteiger partial charge in [0.05, 0.1) is 0 Å². The molecular weight excluding hydrogens is 187 g/mol. The van der Waals surface area contributed by atoms with Crippen LogP contribution in [0.4, 0.5) is 4.39 Å².